The first-order chi connectivity index (χ1) is 16.3. The van der Waals surface area contributed by atoms with Crippen molar-refractivity contribution in [3.05, 3.63) is 95.3 Å². The third-order valence-electron chi connectivity index (χ3n) is 5.48. The molecule has 3 aromatic rings. The summed E-state index contributed by atoms with van der Waals surface area (Å²) in [6.45, 7) is 4.63. The van der Waals surface area contributed by atoms with Gasteiger partial charge in [0, 0.05) is 11.8 Å². The maximum atomic E-state index is 13.2. The molecule has 1 amide bonds. The van der Waals surface area contributed by atoms with Crippen LogP contribution in [0.1, 0.15) is 36.7 Å². The molecule has 1 saturated heterocycles. The molecule has 0 saturated carbocycles. The van der Waals surface area contributed by atoms with Crippen LogP contribution in [0.3, 0.4) is 0 Å². The zero-order valence-corrected chi connectivity index (χ0v) is 19.0. The maximum absolute atomic E-state index is 13.2. The van der Waals surface area contributed by atoms with Gasteiger partial charge in [0.25, 0.3) is 11.7 Å². The molecule has 1 aromatic heterocycles. The SMILES string of the molecule is CC(C)COc1cccc(/C(O)=C2/C(=O)C(=O)N(Cc3ccccn3)C2c2cccc(O)c2)c1. The largest absolute Gasteiger partial charge is 0.508 e. The summed E-state index contributed by atoms with van der Waals surface area (Å²) in [6.07, 6.45) is 1.61. The molecule has 0 bridgehead atoms. The number of pyridine rings is 1. The second-order valence-electron chi connectivity index (χ2n) is 8.58. The number of hydrogen-bond donors (Lipinski definition) is 2. The Balaban J connectivity index is 1.81. The number of benzene rings is 2. The van der Waals surface area contributed by atoms with Gasteiger partial charge in [-0.3, -0.25) is 14.6 Å². The predicted octanol–water partition coefficient (Wildman–Crippen LogP) is 4.44. The number of rotatable bonds is 7. The first-order valence-electron chi connectivity index (χ1n) is 11.1. The van der Waals surface area contributed by atoms with Crippen LogP contribution in [-0.2, 0) is 16.1 Å². The molecule has 34 heavy (non-hydrogen) atoms. The third kappa shape index (κ3) is 4.78. The predicted molar refractivity (Wildman–Crippen MR) is 127 cm³/mol. The lowest BCUT2D eigenvalue weighted by atomic mass is 9.95. The van der Waals surface area contributed by atoms with Gasteiger partial charge >= 0.3 is 0 Å². The molecule has 1 atom stereocenters. The number of phenols is 1. The number of hydrogen-bond acceptors (Lipinski definition) is 6. The van der Waals surface area contributed by atoms with Crippen molar-refractivity contribution >= 4 is 17.4 Å². The van der Waals surface area contributed by atoms with Crippen LogP contribution >= 0.6 is 0 Å². The van der Waals surface area contributed by atoms with E-state index >= 15 is 0 Å². The quantitative estimate of drug-likeness (QED) is 0.308. The minimum absolute atomic E-state index is 0.00925. The molecule has 7 heteroatoms. The van der Waals surface area contributed by atoms with Crippen molar-refractivity contribution in [1.29, 1.82) is 0 Å². The topological polar surface area (TPSA) is 100.0 Å². The van der Waals surface area contributed by atoms with Crippen molar-refractivity contribution in [3.8, 4) is 11.5 Å². The minimum Gasteiger partial charge on any atom is -0.508 e. The summed E-state index contributed by atoms with van der Waals surface area (Å²) in [5.74, 6) is -0.979. The molecular weight excluding hydrogens is 432 g/mol. The van der Waals surface area contributed by atoms with E-state index < -0.39 is 17.7 Å². The Morgan fingerprint density at radius 2 is 1.85 bits per heavy atom. The summed E-state index contributed by atoms with van der Waals surface area (Å²) in [4.78, 5) is 31.9. The Hall–Kier alpha value is -4.13. The second-order valence-corrected chi connectivity index (χ2v) is 8.58. The summed E-state index contributed by atoms with van der Waals surface area (Å²) < 4.78 is 5.76. The molecule has 1 fully saturated rings. The fourth-order valence-electron chi connectivity index (χ4n) is 3.90. The number of Topliss-reactive ketones (excluding diaryl/α,β-unsaturated/α-hetero) is 1. The lowest BCUT2D eigenvalue weighted by Gasteiger charge is -2.25. The Labute approximate surface area is 198 Å². The Morgan fingerprint density at radius 1 is 1.06 bits per heavy atom. The van der Waals surface area contributed by atoms with Gasteiger partial charge in [0.2, 0.25) is 0 Å². The van der Waals surface area contributed by atoms with Gasteiger partial charge in [-0.2, -0.15) is 0 Å². The van der Waals surface area contributed by atoms with Crippen molar-refractivity contribution in [1.82, 2.24) is 9.88 Å². The van der Waals surface area contributed by atoms with Gasteiger partial charge < -0.3 is 19.8 Å². The zero-order chi connectivity index (χ0) is 24.2. The van der Waals surface area contributed by atoms with Crippen molar-refractivity contribution in [2.75, 3.05) is 6.61 Å². The monoisotopic (exact) mass is 458 g/mol. The molecule has 7 nitrogen and oxygen atoms in total. The van der Waals surface area contributed by atoms with Crippen LogP contribution < -0.4 is 4.74 Å². The summed E-state index contributed by atoms with van der Waals surface area (Å²) in [7, 11) is 0. The Bertz CT molecular complexity index is 1240. The average molecular weight is 459 g/mol. The van der Waals surface area contributed by atoms with Crippen molar-refractivity contribution in [3.63, 3.8) is 0 Å². The highest BCUT2D eigenvalue weighted by molar-refractivity contribution is 6.46. The van der Waals surface area contributed by atoms with Gasteiger partial charge in [-0.1, -0.05) is 44.2 Å². The van der Waals surface area contributed by atoms with Gasteiger partial charge in [0.1, 0.15) is 17.3 Å². The van der Waals surface area contributed by atoms with Crippen molar-refractivity contribution < 1.29 is 24.5 Å². The van der Waals surface area contributed by atoms with Gasteiger partial charge in [-0.15, -0.1) is 0 Å². The fourth-order valence-corrected chi connectivity index (χ4v) is 3.90. The van der Waals surface area contributed by atoms with Crippen LogP contribution in [0.5, 0.6) is 11.5 Å². The van der Waals surface area contributed by atoms with Gasteiger partial charge in [-0.05, 0) is 47.9 Å². The molecule has 2 heterocycles. The molecule has 1 aliphatic rings. The molecular formula is C27H26N2O5. The first kappa shape index (κ1) is 23.0. The molecule has 0 spiro atoms. The summed E-state index contributed by atoms with van der Waals surface area (Å²) in [6, 6.07) is 17.5. The molecule has 4 rings (SSSR count). The number of carbonyl (C=O) groups is 2. The van der Waals surface area contributed by atoms with Crippen LogP contribution in [0.2, 0.25) is 0 Å². The highest BCUT2D eigenvalue weighted by Crippen LogP contribution is 2.41. The van der Waals surface area contributed by atoms with E-state index in [1.54, 1.807) is 60.8 Å². The third-order valence-corrected chi connectivity index (χ3v) is 5.48. The smallest absolute Gasteiger partial charge is 0.296 e. The van der Waals surface area contributed by atoms with Crippen molar-refractivity contribution in [2.24, 2.45) is 5.92 Å². The number of aliphatic hydroxyl groups excluding tert-OH is 1. The summed E-state index contributed by atoms with van der Waals surface area (Å²) in [5.41, 5.74) is 1.41. The Morgan fingerprint density at radius 3 is 2.56 bits per heavy atom. The molecule has 0 aliphatic carbocycles. The minimum atomic E-state index is -0.894. The van der Waals surface area contributed by atoms with Gasteiger partial charge in [-0.25, -0.2) is 0 Å². The molecule has 1 aliphatic heterocycles. The van der Waals surface area contributed by atoms with E-state index in [1.807, 2.05) is 13.8 Å². The van der Waals surface area contributed by atoms with Crippen LogP contribution in [0.25, 0.3) is 5.76 Å². The standard InChI is InChI=1S/C27H26N2O5/c1-17(2)16-34-22-11-6-8-19(14-22)25(31)23-24(18-7-5-10-21(30)13-18)29(27(33)26(23)32)15-20-9-3-4-12-28-20/h3-14,17,24,30-31H,15-16H2,1-2H3/b25-23-. The molecule has 0 radical (unpaired) electrons. The van der Waals surface area contributed by atoms with E-state index in [4.69, 9.17) is 4.74 Å². The molecule has 174 valence electrons. The highest BCUT2D eigenvalue weighted by atomic mass is 16.5. The number of nitrogens with zero attached hydrogens (tertiary/aromatic N) is 2. The van der Waals surface area contributed by atoms with Crippen molar-refractivity contribution in [2.45, 2.75) is 26.4 Å². The first-order valence-corrected chi connectivity index (χ1v) is 11.1. The lowest BCUT2D eigenvalue weighted by Crippen LogP contribution is -2.29. The van der Waals surface area contributed by atoms with Crippen LogP contribution in [0.15, 0.2) is 78.5 Å². The number of ether oxygens (including phenoxy) is 1. The summed E-state index contributed by atoms with van der Waals surface area (Å²) >= 11 is 0. The summed E-state index contributed by atoms with van der Waals surface area (Å²) in [5, 5.41) is 21.3. The number of carbonyl (C=O) groups excluding carboxylic acids is 2. The number of amides is 1. The average Bonchev–Trinajstić information content (AvgIpc) is 3.08. The Kier molecular flexibility index (Phi) is 6.63. The van der Waals surface area contributed by atoms with E-state index in [1.165, 1.54) is 17.0 Å². The van der Waals surface area contributed by atoms with Gasteiger partial charge in [0.15, 0.2) is 0 Å². The van der Waals surface area contributed by atoms with E-state index in [9.17, 15) is 19.8 Å². The second kappa shape index (κ2) is 9.79. The number of aromatic hydroxyl groups is 1. The van der Waals surface area contributed by atoms with E-state index in [0.717, 1.165) is 0 Å². The molecule has 2 aromatic carbocycles. The maximum Gasteiger partial charge on any atom is 0.296 e. The van der Waals surface area contributed by atoms with Gasteiger partial charge in [0.05, 0.1) is 30.5 Å². The number of likely N-dealkylation sites (tertiary alicyclic amines) is 1. The number of phenolic OH excluding ortho intramolecular Hbond substituents is 1. The number of ketones is 1. The highest BCUT2D eigenvalue weighted by Gasteiger charge is 2.46. The van der Waals surface area contributed by atoms with E-state index in [0.29, 0.717) is 35.1 Å². The fraction of sp³-hybridized carbons (Fsp3) is 0.222. The lowest BCUT2D eigenvalue weighted by molar-refractivity contribution is -0.140. The van der Waals surface area contributed by atoms with Crippen LogP contribution in [0.4, 0.5) is 0 Å². The number of aliphatic hydroxyl groups is 1. The molecule has 2 N–H and O–H groups in total. The van der Waals surface area contributed by atoms with Crippen LogP contribution in [0, 0.1) is 5.92 Å². The number of aromatic nitrogens is 1. The zero-order valence-electron chi connectivity index (χ0n) is 19.0. The van der Waals surface area contributed by atoms with E-state index in [2.05, 4.69) is 4.98 Å². The van der Waals surface area contributed by atoms with E-state index in [-0.39, 0.29) is 23.6 Å². The normalized spacial score (nSPS) is 17.4. The molecule has 1 unspecified atom stereocenters. The van der Waals surface area contributed by atoms with Crippen LogP contribution in [-0.4, -0.2) is 38.4 Å².